The molecule has 7 nitrogen and oxygen atoms in total. The Morgan fingerprint density at radius 2 is 1.91 bits per heavy atom. The van der Waals surface area contributed by atoms with Gasteiger partial charge < -0.3 is 0 Å². The number of aromatic nitrogens is 2. The summed E-state index contributed by atoms with van der Waals surface area (Å²) in [5.74, 6) is 0.157. The number of hydrogen-bond acceptors (Lipinski definition) is 5. The van der Waals surface area contributed by atoms with E-state index in [1.807, 2.05) is 0 Å². The van der Waals surface area contributed by atoms with Crippen molar-refractivity contribution in [2.45, 2.75) is 11.7 Å². The number of amides is 2. The van der Waals surface area contributed by atoms with Crippen molar-refractivity contribution >= 4 is 50.6 Å². The van der Waals surface area contributed by atoms with Crippen LogP contribution in [0.1, 0.15) is 5.56 Å². The van der Waals surface area contributed by atoms with E-state index >= 15 is 0 Å². The molecule has 3 rings (SSSR count). The predicted octanol–water partition coefficient (Wildman–Crippen LogP) is 2.74. The molecular formula is C13H10Cl2N4O3S. The van der Waals surface area contributed by atoms with E-state index in [1.165, 1.54) is 11.1 Å². The second kappa shape index (κ2) is 5.63. The molecule has 2 aromatic rings. The van der Waals surface area contributed by atoms with Crippen molar-refractivity contribution in [3.8, 4) is 0 Å². The monoisotopic (exact) mass is 372 g/mol. The van der Waals surface area contributed by atoms with Crippen LogP contribution >= 0.6 is 23.2 Å². The fourth-order valence-electron chi connectivity index (χ4n) is 2.13. The van der Waals surface area contributed by atoms with Crippen molar-refractivity contribution in [1.82, 2.24) is 9.97 Å². The van der Waals surface area contributed by atoms with Gasteiger partial charge in [-0.1, -0.05) is 29.3 Å². The lowest BCUT2D eigenvalue weighted by Crippen LogP contribution is -2.39. The number of para-hydroxylation sites is 1. The van der Waals surface area contributed by atoms with Crippen LogP contribution in [0.25, 0.3) is 0 Å². The second-order valence-electron chi connectivity index (χ2n) is 4.89. The summed E-state index contributed by atoms with van der Waals surface area (Å²) in [6.45, 7) is 0.120. The first-order chi connectivity index (χ1) is 10.8. The van der Waals surface area contributed by atoms with Crippen LogP contribution in [0.4, 0.5) is 16.3 Å². The van der Waals surface area contributed by atoms with E-state index in [0.717, 1.165) is 6.26 Å². The molecule has 0 saturated heterocycles. The van der Waals surface area contributed by atoms with E-state index in [9.17, 15) is 13.2 Å². The minimum atomic E-state index is -3.56. The highest BCUT2D eigenvalue weighted by Crippen LogP contribution is 2.36. The average Bonchev–Trinajstić information content (AvgIpc) is 2.46. The molecule has 0 spiro atoms. The van der Waals surface area contributed by atoms with Gasteiger partial charge in [0, 0.05) is 18.0 Å². The Morgan fingerprint density at radius 3 is 2.52 bits per heavy atom. The summed E-state index contributed by atoms with van der Waals surface area (Å²) in [4.78, 5) is 21.4. The van der Waals surface area contributed by atoms with Crippen LogP contribution < -0.4 is 10.2 Å². The van der Waals surface area contributed by atoms with Gasteiger partial charge in [0.05, 0.1) is 22.3 Å². The number of hydrogen-bond donors (Lipinski definition) is 1. The average molecular weight is 373 g/mol. The van der Waals surface area contributed by atoms with Gasteiger partial charge in [-0.2, -0.15) is 0 Å². The maximum atomic E-state index is 12.3. The van der Waals surface area contributed by atoms with Crippen LogP contribution in [0.15, 0.2) is 29.6 Å². The number of fused-ring (bicyclic) bond motifs is 1. The molecule has 2 heterocycles. The van der Waals surface area contributed by atoms with Crippen molar-refractivity contribution in [1.29, 1.82) is 0 Å². The van der Waals surface area contributed by atoms with Crippen molar-refractivity contribution in [3.05, 3.63) is 40.0 Å². The first kappa shape index (κ1) is 16.0. The number of benzene rings is 1. The highest BCUT2D eigenvalue weighted by molar-refractivity contribution is 7.90. The van der Waals surface area contributed by atoms with Gasteiger partial charge in [-0.3, -0.25) is 10.2 Å². The molecule has 10 heteroatoms. The molecule has 1 N–H and O–H groups in total. The third kappa shape index (κ3) is 2.97. The van der Waals surface area contributed by atoms with Crippen molar-refractivity contribution in [2.24, 2.45) is 0 Å². The summed E-state index contributed by atoms with van der Waals surface area (Å²) in [6.07, 6.45) is 2.35. The highest BCUT2D eigenvalue weighted by atomic mass is 35.5. The minimum absolute atomic E-state index is 0.120. The number of nitrogens with one attached hydrogen (secondary N) is 1. The van der Waals surface area contributed by atoms with Crippen LogP contribution in [-0.4, -0.2) is 30.7 Å². The second-order valence-corrected chi connectivity index (χ2v) is 7.61. The fraction of sp³-hybridized carbons (Fsp3) is 0.154. The van der Waals surface area contributed by atoms with Gasteiger partial charge in [-0.25, -0.2) is 23.2 Å². The van der Waals surface area contributed by atoms with Gasteiger partial charge in [-0.15, -0.1) is 0 Å². The van der Waals surface area contributed by atoms with Gasteiger partial charge in [0.25, 0.3) is 0 Å². The molecule has 2 amide bonds. The number of carbonyl (C=O) groups excluding carboxylic acids is 1. The number of anilines is 2. The van der Waals surface area contributed by atoms with Crippen LogP contribution in [-0.2, 0) is 16.4 Å². The standard InChI is InChI=1S/C13H10Cl2N4O3S/c1-23(21,22)12-16-5-7-6-19(13(20)18-11(7)17-12)10-8(14)3-2-4-9(10)15/h2-5H,6H2,1H3,(H,16,17,18,20). The number of sulfone groups is 1. The summed E-state index contributed by atoms with van der Waals surface area (Å²) in [7, 11) is -3.56. The molecule has 23 heavy (non-hydrogen) atoms. The SMILES string of the molecule is CS(=O)(=O)c1ncc2c(n1)NC(=O)N(c1c(Cl)cccc1Cl)C2. The zero-order valence-electron chi connectivity index (χ0n) is 11.7. The Balaban J connectivity index is 2.04. The summed E-state index contributed by atoms with van der Waals surface area (Å²) in [5, 5.41) is 2.83. The molecule has 0 atom stereocenters. The van der Waals surface area contributed by atoms with Crippen molar-refractivity contribution in [3.63, 3.8) is 0 Å². The summed E-state index contributed by atoms with van der Waals surface area (Å²) >= 11 is 12.2. The van der Waals surface area contributed by atoms with E-state index in [2.05, 4.69) is 15.3 Å². The first-order valence-electron chi connectivity index (χ1n) is 6.36. The number of urea groups is 1. The smallest absolute Gasteiger partial charge is 0.291 e. The zero-order valence-corrected chi connectivity index (χ0v) is 14.1. The van der Waals surface area contributed by atoms with Crippen LogP contribution in [0.2, 0.25) is 10.0 Å². The number of nitrogens with zero attached hydrogens (tertiary/aromatic N) is 3. The molecule has 0 bridgehead atoms. The Hall–Kier alpha value is -1.90. The normalized spacial score (nSPS) is 14.4. The Morgan fingerprint density at radius 1 is 1.26 bits per heavy atom. The van der Waals surface area contributed by atoms with Crippen molar-refractivity contribution < 1.29 is 13.2 Å². The van der Waals surface area contributed by atoms with Gasteiger partial charge in [-0.05, 0) is 12.1 Å². The summed E-state index contributed by atoms with van der Waals surface area (Å²) in [6, 6.07) is 4.40. The van der Waals surface area contributed by atoms with Gasteiger partial charge >= 0.3 is 6.03 Å². The molecule has 0 radical (unpaired) electrons. The number of rotatable bonds is 2. The highest BCUT2D eigenvalue weighted by Gasteiger charge is 2.29. The maximum Gasteiger partial charge on any atom is 0.327 e. The molecule has 0 unspecified atom stereocenters. The lowest BCUT2D eigenvalue weighted by atomic mass is 10.2. The minimum Gasteiger partial charge on any atom is -0.291 e. The largest absolute Gasteiger partial charge is 0.327 e. The Labute approximate surface area is 142 Å². The topological polar surface area (TPSA) is 92.3 Å². The van der Waals surface area contributed by atoms with Gasteiger partial charge in [0.2, 0.25) is 15.0 Å². The fourth-order valence-corrected chi connectivity index (χ4v) is 3.23. The molecule has 1 aliphatic rings. The van der Waals surface area contributed by atoms with E-state index in [1.54, 1.807) is 18.2 Å². The summed E-state index contributed by atoms with van der Waals surface area (Å²) in [5.41, 5.74) is 0.916. The van der Waals surface area contributed by atoms with Crippen LogP contribution in [0, 0.1) is 0 Å². The lowest BCUT2D eigenvalue weighted by Gasteiger charge is -2.29. The lowest BCUT2D eigenvalue weighted by molar-refractivity contribution is 0.256. The van der Waals surface area contributed by atoms with Crippen LogP contribution in [0.5, 0.6) is 0 Å². The molecular weight excluding hydrogens is 363 g/mol. The quantitative estimate of drug-likeness (QED) is 0.818. The third-order valence-electron chi connectivity index (χ3n) is 3.18. The van der Waals surface area contributed by atoms with Crippen LogP contribution in [0.3, 0.4) is 0 Å². The third-order valence-corrected chi connectivity index (χ3v) is 4.65. The number of halogens is 2. The zero-order chi connectivity index (χ0) is 16.8. The first-order valence-corrected chi connectivity index (χ1v) is 9.00. The Kier molecular flexibility index (Phi) is 3.91. The van der Waals surface area contributed by atoms with Gasteiger partial charge in [0.15, 0.2) is 0 Å². The van der Waals surface area contributed by atoms with E-state index < -0.39 is 15.9 Å². The molecule has 0 saturated carbocycles. The molecule has 0 fully saturated rings. The molecule has 1 aromatic heterocycles. The van der Waals surface area contributed by atoms with Crippen molar-refractivity contribution in [2.75, 3.05) is 16.5 Å². The molecule has 120 valence electrons. The Bertz CT molecular complexity index is 897. The van der Waals surface area contributed by atoms with E-state index in [4.69, 9.17) is 23.2 Å². The molecule has 1 aliphatic heterocycles. The molecule has 1 aromatic carbocycles. The van der Waals surface area contributed by atoms with E-state index in [-0.39, 0.29) is 17.5 Å². The number of carbonyl (C=O) groups is 1. The molecule has 0 aliphatic carbocycles. The maximum absolute atomic E-state index is 12.3. The van der Waals surface area contributed by atoms with Gasteiger partial charge in [0.1, 0.15) is 5.82 Å². The van der Waals surface area contributed by atoms with E-state index in [0.29, 0.717) is 21.3 Å². The summed E-state index contributed by atoms with van der Waals surface area (Å²) < 4.78 is 23.0. The predicted molar refractivity (Wildman–Crippen MR) is 86.8 cm³/mol.